The smallest absolute Gasteiger partial charge is 0.319 e. The number of allylic oxidation sites excluding steroid dienone is 1. The topological polar surface area (TPSA) is 99.3 Å². The molecular weight excluding hydrogens is 315 g/mol. The zero-order valence-corrected chi connectivity index (χ0v) is 13.6. The number of amides is 4. The molecule has 128 valence electrons. The highest BCUT2D eigenvalue weighted by atomic mass is 19.1. The third-order valence-corrected chi connectivity index (χ3v) is 3.54. The minimum absolute atomic E-state index is 0.0511. The Balaban J connectivity index is 1.95. The van der Waals surface area contributed by atoms with E-state index in [2.05, 4.69) is 21.3 Å². The Bertz CT molecular complexity index is 730. The number of hydrogen-bond acceptors (Lipinski definition) is 3. The normalized spacial score (nSPS) is 17.0. The lowest BCUT2D eigenvalue weighted by molar-refractivity contribution is -0.121. The Hall–Kier alpha value is -2.90. The van der Waals surface area contributed by atoms with Crippen molar-refractivity contribution >= 4 is 23.5 Å². The monoisotopic (exact) mass is 334 g/mol. The summed E-state index contributed by atoms with van der Waals surface area (Å²) in [6.07, 6.45) is 0. The van der Waals surface area contributed by atoms with Crippen molar-refractivity contribution < 1.29 is 18.8 Å². The summed E-state index contributed by atoms with van der Waals surface area (Å²) in [6.45, 7) is 4.69. The lowest BCUT2D eigenvalue weighted by Gasteiger charge is -2.25. The van der Waals surface area contributed by atoms with Gasteiger partial charge in [0.25, 0.3) is 5.91 Å². The molecule has 24 heavy (non-hydrogen) atoms. The van der Waals surface area contributed by atoms with E-state index in [0.29, 0.717) is 11.3 Å². The first-order valence-electron chi connectivity index (χ1n) is 7.40. The number of aryl methyl sites for hydroxylation is 1. The van der Waals surface area contributed by atoms with Crippen molar-refractivity contribution in [3.8, 4) is 0 Å². The highest BCUT2D eigenvalue weighted by Crippen LogP contribution is 2.15. The quantitative estimate of drug-likeness (QED) is 0.665. The molecule has 7 nitrogen and oxygen atoms in total. The van der Waals surface area contributed by atoms with Crippen LogP contribution in [-0.4, -0.2) is 30.4 Å². The maximum absolute atomic E-state index is 13.7. The van der Waals surface area contributed by atoms with E-state index in [1.807, 2.05) is 0 Å². The largest absolute Gasteiger partial charge is 0.343 e. The van der Waals surface area contributed by atoms with Crippen LogP contribution in [0.2, 0.25) is 0 Å². The summed E-state index contributed by atoms with van der Waals surface area (Å²) in [5, 5.41) is 9.91. The predicted octanol–water partition coefficient (Wildman–Crippen LogP) is 1.16. The van der Waals surface area contributed by atoms with Crippen molar-refractivity contribution in [3.05, 3.63) is 40.8 Å². The fourth-order valence-electron chi connectivity index (χ4n) is 2.41. The van der Waals surface area contributed by atoms with Crippen LogP contribution in [0.3, 0.4) is 0 Å². The molecule has 1 aliphatic rings. The third kappa shape index (κ3) is 4.09. The summed E-state index contributed by atoms with van der Waals surface area (Å²) < 4.78 is 13.7. The number of carbonyl (C=O) groups is 3. The number of carbonyl (C=O) groups excluding carboxylic acids is 3. The van der Waals surface area contributed by atoms with Gasteiger partial charge in [0.15, 0.2) is 0 Å². The molecule has 1 aromatic rings. The van der Waals surface area contributed by atoms with Crippen molar-refractivity contribution in [1.82, 2.24) is 16.0 Å². The highest BCUT2D eigenvalue weighted by molar-refractivity contribution is 6.01. The van der Waals surface area contributed by atoms with Gasteiger partial charge in [-0.25, -0.2) is 9.18 Å². The van der Waals surface area contributed by atoms with E-state index in [1.54, 1.807) is 26.8 Å². The molecule has 1 aromatic carbocycles. The van der Waals surface area contributed by atoms with Crippen molar-refractivity contribution in [2.45, 2.75) is 26.8 Å². The van der Waals surface area contributed by atoms with Crippen molar-refractivity contribution in [1.29, 1.82) is 0 Å². The molecule has 0 aromatic heterocycles. The number of nitrogens with one attached hydrogen (secondary N) is 4. The summed E-state index contributed by atoms with van der Waals surface area (Å²) in [6, 6.07) is 3.57. The third-order valence-electron chi connectivity index (χ3n) is 3.54. The SMILES string of the molecule is CC1=C(C(=O)NCC(=O)Nc2ccc(C)cc2F)C(C)NC(=O)N1. The van der Waals surface area contributed by atoms with Gasteiger partial charge in [-0.2, -0.15) is 0 Å². The molecule has 0 radical (unpaired) electrons. The van der Waals surface area contributed by atoms with Crippen LogP contribution in [-0.2, 0) is 9.59 Å². The van der Waals surface area contributed by atoms with E-state index in [9.17, 15) is 18.8 Å². The summed E-state index contributed by atoms with van der Waals surface area (Å²) in [7, 11) is 0. The first-order chi connectivity index (χ1) is 11.3. The second-order valence-corrected chi connectivity index (χ2v) is 5.57. The van der Waals surface area contributed by atoms with E-state index in [-0.39, 0.29) is 18.3 Å². The van der Waals surface area contributed by atoms with Gasteiger partial charge in [0, 0.05) is 5.70 Å². The number of benzene rings is 1. The molecule has 0 fully saturated rings. The van der Waals surface area contributed by atoms with Gasteiger partial charge in [-0.15, -0.1) is 0 Å². The Morgan fingerprint density at radius 3 is 2.62 bits per heavy atom. The minimum atomic E-state index is -0.551. The highest BCUT2D eigenvalue weighted by Gasteiger charge is 2.26. The van der Waals surface area contributed by atoms with Gasteiger partial charge in [0.2, 0.25) is 5.91 Å². The molecule has 1 heterocycles. The zero-order valence-electron chi connectivity index (χ0n) is 13.6. The number of hydrogen-bond donors (Lipinski definition) is 4. The lowest BCUT2D eigenvalue weighted by atomic mass is 10.0. The van der Waals surface area contributed by atoms with Crippen LogP contribution < -0.4 is 21.3 Å². The van der Waals surface area contributed by atoms with Gasteiger partial charge in [-0.1, -0.05) is 6.07 Å². The Morgan fingerprint density at radius 1 is 1.29 bits per heavy atom. The van der Waals surface area contributed by atoms with E-state index >= 15 is 0 Å². The first kappa shape index (κ1) is 17.5. The van der Waals surface area contributed by atoms with Gasteiger partial charge >= 0.3 is 6.03 Å². The van der Waals surface area contributed by atoms with Crippen LogP contribution >= 0.6 is 0 Å². The van der Waals surface area contributed by atoms with Gasteiger partial charge in [-0.3, -0.25) is 9.59 Å². The van der Waals surface area contributed by atoms with Gasteiger partial charge < -0.3 is 21.3 Å². The summed E-state index contributed by atoms with van der Waals surface area (Å²) >= 11 is 0. The molecule has 1 aliphatic heterocycles. The van der Waals surface area contributed by atoms with Gasteiger partial charge in [0.1, 0.15) is 5.82 Å². The Labute approximate surface area is 138 Å². The molecular formula is C16H19FN4O3. The predicted molar refractivity (Wildman–Crippen MR) is 86.6 cm³/mol. The van der Waals surface area contributed by atoms with Crippen LogP contribution in [0.15, 0.2) is 29.5 Å². The molecule has 1 atom stereocenters. The second-order valence-electron chi connectivity index (χ2n) is 5.57. The standard InChI is InChI=1S/C16H19FN4O3/c1-8-4-5-12(11(17)6-8)21-13(22)7-18-15(23)14-9(2)19-16(24)20-10(14)3/h4-6,9H,7H2,1-3H3,(H,18,23)(H,21,22)(H2,19,20,24). The number of rotatable bonds is 4. The molecule has 0 spiro atoms. The summed E-state index contributed by atoms with van der Waals surface area (Å²) in [5.74, 6) is -1.57. The van der Waals surface area contributed by atoms with Crippen LogP contribution in [0.1, 0.15) is 19.4 Å². The summed E-state index contributed by atoms with van der Waals surface area (Å²) in [5.41, 5.74) is 1.55. The average molecular weight is 334 g/mol. The van der Waals surface area contributed by atoms with Crippen molar-refractivity contribution in [2.24, 2.45) is 0 Å². The van der Waals surface area contributed by atoms with Crippen molar-refractivity contribution in [2.75, 3.05) is 11.9 Å². The Kier molecular flexibility index (Phi) is 5.18. The molecule has 0 bridgehead atoms. The van der Waals surface area contributed by atoms with Crippen LogP contribution in [0.4, 0.5) is 14.9 Å². The zero-order chi connectivity index (χ0) is 17.9. The first-order valence-corrected chi connectivity index (χ1v) is 7.40. The Morgan fingerprint density at radius 2 is 2.00 bits per heavy atom. The fourth-order valence-corrected chi connectivity index (χ4v) is 2.41. The van der Waals surface area contributed by atoms with E-state index < -0.39 is 23.7 Å². The molecule has 1 unspecified atom stereocenters. The molecule has 4 N–H and O–H groups in total. The van der Waals surface area contributed by atoms with E-state index in [1.165, 1.54) is 12.1 Å². The van der Waals surface area contributed by atoms with Gasteiger partial charge in [-0.05, 0) is 38.5 Å². The van der Waals surface area contributed by atoms with Crippen LogP contribution in [0.25, 0.3) is 0 Å². The van der Waals surface area contributed by atoms with Crippen LogP contribution in [0, 0.1) is 12.7 Å². The minimum Gasteiger partial charge on any atom is -0.343 e. The maximum Gasteiger partial charge on any atom is 0.319 e. The number of urea groups is 1. The molecule has 4 amide bonds. The molecule has 0 saturated carbocycles. The van der Waals surface area contributed by atoms with E-state index in [4.69, 9.17) is 0 Å². The molecule has 0 aliphatic carbocycles. The van der Waals surface area contributed by atoms with E-state index in [0.717, 1.165) is 5.56 Å². The number of anilines is 1. The lowest BCUT2D eigenvalue weighted by Crippen LogP contribution is -2.50. The second kappa shape index (κ2) is 7.12. The molecule has 2 rings (SSSR count). The molecule has 8 heteroatoms. The maximum atomic E-state index is 13.7. The van der Waals surface area contributed by atoms with Crippen LogP contribution in [0.5, 0.6) is 0 Å². The van der Waals surface area contributed by atoms with Crippen molar-refractivity contribution in [3.63, 3.8) is 0 Å². The molecule has 0 saturated heterocycles. The fraction of sp³-hybridized carbons (Fsp3) is 0.312. The average Bonchev–Trinajstić information content (AvgIpc) is 2.47. The van der Waals surface area contributed by atoms with Gasteiger partial charge in [0.05, 0.1) is 23.8 Å². The summed E-state index contributed by atoms with van der Waals surface area (Å²) in [4.78, 5) is 35.3. The number of halogens is 1.